The van der Waals surface area contributed by atoms with Crippen molar-refractivity contribution in [2.75, 3.05) is 0 Å². The van der Waals surface area contributed by atoms with Gasteiger partial charge in [0.1, 0.15) is 5.82 Å². The van der Waals surface area contributed by atoms with Crippen LogP contribution in [0.1, 0.15) is 78.2 Å². The van der Waals surface area contributed by atoms with Gasteiger partial charge in [0, 0.05) is 17.4 Å². The highest BCUT2D eigenvalue weighted by Crippen LogP contribution is 2.71. The Bertz CT molecular complexity index is 1090. The van der Waals surface area contributed by atoms with E-state index in [2.05, 4.69) is 13.8 Å². The van der Waals surface area contributed by atoms with Gasteiger partial charge in [0.05, 0.1) is 6.10 Å². The van der Waals surface area contributed by atoms with E-state index in [9.17, 15) is 14.0 Å². The van der Waals surface area contributed by atoms with Crippen LogP contribution < -0.4 is 0 Å². The number of fused-ring (bicyclic) bond motifs is 7. The first-order valence-electron chi connectivity index (χ1n) is 12.9. The second kappa shape index (κ2) is 7.10. The van der Waals surface area contributed by atoms with Gasteiger partial charge < -0.3 is 9.47 Å². The van der Waals surface area contributed by atoms with Gasteiger partial charge in [-0.15, -0.1) is 0 Å². The fourth-order valence-corrected chi connectivity index (χ4v) is 9.04. The third-order valence-electron chi connectivity index (χ3n) is 10.7. The van der Waals surface area contributed by atoms with Gasteiger partial charge in [-0.05, 0) is 93.7 Å². The van der Waals surface area contributed by atoms with Gasteiger partial charge in [-0.3, -0.25) is 9.59 Å². The topological polar surface area (TPSA) is 52.6 Å². The second-order valence-electron chi connectivity index (χ2n) is 12.1. The number of Topliss-reactive ketones (excluding diaryl/α,β-unsaturated/α-hetero) is 1. The standard InChI is InChI=1S/C29H35FO4/c1-17(31)29-25(33-28(4,34-29)18-5-8-20(30)9-6-18)16-24-22-10-7-19-15-21(32)11-13-26(19,2)23(22)12-14-27(24,29)3/h5-6,8-9,15,22-25H,7,10-14,16H2,1-4H3/t22-,23+,24+,25+,26+,27+,28-,29-/m1/s1. The lowest BCUT2D eigenvalue weighted by Crippen LogP contribution is -2.59. The molecule has 5 aliphatic rings. The van der Waals surface area contributed by atoms with E-state index in [1.54, 1.807) is 19.1 Å². The minimum Gasteiger partial charge on any atom is -0.339 e. The van der Waals surface area contributed by atoms with Crippen LogP contribution in [0.5, 0.6) is 0 Å². The Kier molecular flexibility index (Phi) is 4.72. The van der Waals surface area contributed by atoms with Crippen molar-refractivity contribution in [2.45, 2.75) is 90.1 Å². The van der Waals surface area contributed by atoms with Crippen molar-refractivity contribution in [1.82, 2.24) is 0 Å². The molecule has 0 aromatic heterocycles. The van der Waals surface area contributed by atoms with Crippen LogP contribution >= 0.6 is 0 Å². The molecule has 0 N–H and O–H groups in total. The van der Waals surface area contributed by atoms with E-state index >= 15 is 0 Å². The molecule has 182 valence electrons. The molecular weight excluding hydrogens is 431 g/mol. The molecule has 1 aromatic rings. The summed E-state index contributed by atoms with van der Waals surface area (Å²) in [5, 5.41) is 0. The van der Waals surface area contributed by atoms with E-state index in [0.29, 0.717) is 24.2 Å². The van der Waals surface area contributed by atoms with Crippen LogP contribution in [0.2, 0.25) is 0 Å². The molecule has 1 heterocycles. The van der Waals surface area contributed by atoms with Gasteiger partial charge in [-0.1, -0.05) is 31.6 Å². The normalized spacial score (nSPS) is 47.3. The lowest BCUT2D eigenvalue weighted by atomic mass is 9.46. The summed E-state index contributed by atoms with van der Waals surface area (Å²) in [6.07, 6.45) is 8.01. The van der Waals surface area contributed by atoms with Crippen molar-refractivity contribution in [2.24, 2.45) is 28.6 Å². The molecule has 0 unspecified atom stereocenters. The summed E-state index contributed by atoms with van der Waals surface area (Å²) in [4.78, 5) is 25.6. The van der Waals surface area contributed by atoms with Crippen molar-refractivity contribution in [3.63, 3.8) is 0 Å². The maximum atomic E-state index is 13.6. The van der Waals surface area contributed by atoms with Crippen molar-refractivity contribution in [3.05, 3.63) is 47.3 Å². The summed E-state index contributed by atoms with van der Waals surface area (Å²) in [5.41, 5.74) is 0.869. The van der Waals surface area contributed by atoms with Gasteiger partial charge in [0.15, 0.2) is 23.0 Å². The van der Waals surface area contributed by atoms with Crippen molar-refractivity contribution >= 4 is 11.6 Å². The molecule has 1 saturated heterocycles. The largest absolute Gasteiger partial charge is 0.339 e. The first-order valence-corrected chi connectivity index (χ1v) is 12.9. The summed E-state index contributed by atoms with van der Waals surface area (Å²) >= 11 is 0. The molecule has 0 bridgehead atoms. The average Bonchev–Trinajstić information content (AvgIpc) is 3.23. The first-order chi connectivity index (χ1) is 16.0. The monoisotopic (exact) mass is 466 g/mol. The van der Waals surface area contributed by atoms with E-state index < -0.39 is 11.4 Å². The Morgan fingerprint density at radius 3 is 2.47 bits per heavy atom. The zero-order valence-electron chi connectivity index (χ0n) is 20.7. The lowest BCUT2D eigenvalue weighted by molar-refractivity contribution is -0.227. The number of benzene rings is 1. The number of hydrogen-bond acceptors (Lipinski definition) is 4. The number of carbonyl (C=O) groups excluding carboxylic acids is 2. The number of rotatable bonds is 2. The Morgan fingerprint density at radius 2 is 1.76 bits per heavy atom. The third kappa shape index (κ3) is 2.71. The van der Waals surface area contributed by atoms with E-state index in [4.69, 9.17) is 9.47 Å². The molecule has 0 amide bonds. The number of halogens is 1. The van der Waals surface area contributed by atoms with Gasteiger partial charge >= 0.3 is 0 Å². The predicted octanol–water partition coefficient (Wildman–Crippen LogP) is 5.88. The Morgan fingerprint density at radius 1 is 1.03 bits per heavy atom. The fraction of sp³-hybridized carbons (Fsp3) is 0.655. The zero-order valence-corrected chi connectivity index (χ0v) is 20.7. The summed E-state index contributed by atoms with van der Waals surface area (Å²) < 4.78 is 27.0. The Labute approximate surface area is 201 Å². The number of hydrogen-bond donors (Lipinski definition) is 0. The van der Waals surface area contributed by atoms with E-state index in [1.807, 2.05) is 13.0 Å². The molecule has 4 nitrogen and oxygen atoms in total. The molecule has 6 rings (SSSR count). The van der Waals surface area contributed by atoms with Crippen LogP contribution in [-0.4, -0.2) is 23.3 Å². The molecule has 4 aliphatic carbocycles. The molecule has 34 heavy (non-hydrogen) atoms. The highest BCUT2D eigenvalue weighted by atomic mass is 19.1. The molecule has 8 atom stereocenters. The van der Waals surface area contributed by atoms with Crippen LogP contribution in [0.15, 0.2) is 35.9 Å². The maximum absolute atomic E-state index is 13.6. The number of ether oxygens (including phenoxy) is 2. The molecule has 4 fully saturated rings. The number of carbonyl (C=O) groups is 2. The summed E-state index contributed by atoms with van der Waals surface area (Å²) in [6.45, 7) is 8.15. The van der Waals surface area contributed by atoms with E-state index in [1.165, 1.54) is 17.7 Å². The van der Waals surface area contributed by atoms with Crippen LogP contribution in [0.25, 0.3) is 0 Å². The van der Waals surface area contributed by atoms with Crippen LogP contribution in [0.3, 0.4) is 0 Å². The fourth-order valence-electron chi connectivity index (χ4n) is 9.04. The number of allylic oxidation sites excluding steroid dienone is 1. The van der Waals surface area contributed by atoms with Gasteiger partial charge in [0.2, 0.25) is 0 Å². The van der Waals surface area contributed by atoms with Crippen molar-refractivity contribution in [1.29, 1.82) is 0 Å². The van der Waals surface area contributed by atoms with Crippen LogP contribution in [0, 0.1) is 34.4 Å². The molecule has 3 saturated carbocycles. The summed E-state index contributed by atoms with van der Waals surface area (Å²) in [7, 11) is 0. The molecule has 0 spiro atoms. The van der Waals surface area contributed by atoms with Gasteiger partial charge in [-0.2, -0.15) is 0 Å². The lowest BCUT2D eigenvalue weighted by Gasteiger charge is -2.59. The minimum atomic E-state index is -1.08. The van der Waals surface area contributed by atoms with Crippen LogP contribution in [0.4, 0.5) is 4.39 Å². The maximum Gasteiger partial charge on any atom is 0.193 e. The van der Waals surface area contributed by atoms with Gasteiger partial charge in [-0.25, -0.2) is 4.39 Å². The second-order valence-corrected chi connectivity index (χ2v) is 12.1. The smallest absolute Gasteiger partial charge is 0.193 e. The highest BCUT2D eigenvalue weighted by molar-refractivity contribution is 5.91. The molecule has 1 aliphatic heterocycles. The predicted molar refractivity (Wildman–Crippen MR) is 125 cm³/mol. The highest BCUT2D eigenvalue weighted by Gasteiger charge is 2.75. The molecule has 1 aromatic carbocycles. The molecule has 0 radical (unpaired) electrons. The average molecular weight is 467 g/mol. The van der Waals surface area contributed by atoms with Crippen LogP contribution in [-0.2, 0) is 24.8 Å². The summed E-state index contributed by atoms with van der Waals surface area (Å²) in [5.74, 6) is 0.310. The van der Waals surface area contributed by atoms with E-state index in [-0.39, 0.29) is 34.3 Å². The van der Waals surface area contributed by atoms with Gasteiger partial charge in [0.25, 0.3) is 0 Å². The van der Waals surface area contributed by atoms with E-state index in [0.717, 1.165) is 44.1 Å². The first kappa shape index (κ1) is 22.6. The summed E-state index contributed by atoms with van der Waals surface area (Å²) in [6, 6.07) is 6.23. The SMILES string of the molecule is CC(=O)[C@@]12O[C@](C)(c3ccc(F)cc3)O[C@H]1C[C@H]1[C@@H]3CCC4=CC(=O)CC[C@]4(C)[C@H]3CC[C@@]12C. The Hall–Kier alpha value is -1.85. The third-order valence-corrected chi connectivity index (χ3v) is 10.7. The zero-order chi connectivity index (χ0) is 24.1. The number of ketones is 2. The van der Waals surface area contributed by atoms with Crippen molar-refractivity contribution in [3.8, 4) is 0 Å². The minimum absolute atomic E-state index is 0.0395. The molecular formula is C29H35FO4. The quantitative estimate of drug-likeness (QED) is 0.546. The van der Waals surface area contributed by atoms with Crippen molar-refractivity contribution < 1.29 is 23.5 Å². The Balaban J connectivity index is 1.37. The molecule has 5 heteroatoms.